The number of carbonyl (C=O) groups is 3. The normalized spacial score (nSPS) is 32.6. The molecule has 3 saturated heterocycles. The van der Waals surface area contributed by atoms with E-state index in [1.165, 1.54) is 0 Å². The van der Waals surface area contributed by atoms with Crippen LogP contribution < -0.4 is 0 Å². The molecule has 3 aliphatic heterocycles. The van der Waals surface area contributed by atoms with Crippen LogP contribution in [-0.4, -0.2) is 82.3 Å². The number of unbranched alkanes of at least 4 members (excludes halogenated alkanes) is 2. The number of fused-ring (bicyclic) bond motifs is 1. The van der Waals surface area contributed by atoms with Crippen LogP contribution in [-0.2, 0) is 23.9 Å². The van der Waals surface area contributed by atoms with Crippen molar-refractivity contribution in [1.29, 1.82) is 0 Å². The summed E-state index contributed by atoms with van der Waals surface area (Å²) in [5.41, 5.74) is -1.89. The molecule has 2 unspecified atom stereocenters. The fourth-order valence-electron chi connectivity index (χ4n) is 6.51. The summed E-state index contributed by atoms with van der Waals surface area (Å²) in [6.07, 6.45) is 6.77. The molecule has 0 aromatic heterocycles. The molecule has 192 valence electrons. The number of amides is 2. The highest BCUT2D eigenvalue weighted by Crippen LogP contribution is 2.64. The maximum absolute atomic E-state index is 14.1. The van der Waals surface area contributed by atoms with E-state index in [0.717, 1.165) is 19.3 Å². The van der Waals surface area contributed by atoms with Gasteiger partial charge in [-0.15, -0.1) is 6.58 Å². The quantitative estimate of drug-likeness (QED) is 0.248. The van der Waals surface area contributed by atoms with Crippen LogP contribution in [0, 0.1) is 11.8 Å². The number of carbonyl (C=O) groups excluding carboxylic acids is 3. The molecule has 6 atom stereocenters. The van der Waals surface area contributed by atoms with Crippen molar-refractivity contribution < 1.29 is 29.0 Å². The third kappa shape index (κ3) is 4.06. The maximum atomic E-state index is 14.1. The van der Waals surface area contributed by atoms with E-state index in [2.05, 4.69) is 13.5 Å². The number of hydrogen-bond acceptors (Lipinski definition) is 6. The second-order valence-electron chi connectivity index (χ2n) is 9.86. The lowest BCUT2D eigenvalue weighted by Gasteiger charge is -2.39. The molecular formula is C26H42N2O6. The highest BCUT2D eigenvalue weighted by molar-refractivity contribution is 5.98. The van der Waals surface area contributed by atoms with Crippen LogP contribution in [0.15, 0.2) is 12.7 Å². The van der Waals surface area contributed by atoms with Crippen molar-refractivity contribution in [3.8, 4) is 0 Å². The first kappa shape index (κ1) is 26.7. The minimum absolute atomic E-state index is 0.185. The van der Waals surface area contributed by atoms with Gasteiger partial charge < -0.3 is 24.4 Å². The summed E-state index contributed by atoms with van der Waals surface area (Å²) in [5, 5.41) is 10.1. The number of likely N-dealkylation sites (tertiary alicyclic amines) is 1. The van der Waals surface area contributed by atoms with E-state index in [1.807, 2.05) is 13.8 Å². The highest BCUT2D eigenvalue weighted by Gasteiger charge is 2.79. The lowest BCUT2D eigenvalue weighted by atomic mass is 9.65. The fourth-order valence-corrected chi connectivity index (χ4v) is 6.51. The Bertz CT molecular complexity index is 783. The van der Waals surface area contributed by atoms with Crippen molar-refractivity contribution in [2.75, 3.05) is 26.3 Å². The molecule has 0 aromatic carbocycles. The zero-order chi connectivity index (χ0) is 25.1. The largest absolute Gasteiger partial charge is 0.466 e. The van der Waals surface area contributed by atoms with Gasteiger partial charge in [0.25, 0.3) is 0 Å². The van der Waals surface area contributed by atoms with Crippen molar-refractivity contribution in [1.82, 2.24) is 9.80 Å². The monoisotopic (exact) mass is 478 g/mol. The summed E-state index contributed by atoms with van der Waals surface area (Å²) in [7, 11) is 0. The lowest BCUT2D eigenvalue weighted by Crippen LogP contribution is -2.59. The molecule has 3 rings (SSSR count). The van der Waals surface area contributed by atoms with Gasteiger partial charge in [-0.25, -0.2) is 0 Å². The van der Waals surface area contributed by atoms with Crippen molar-refractivity contribution in [2.24, 2.45) is 11.8 Å². The fraction of sp³-hybridized carbons (Fsp3) is 0.808. The number of rotatable bonds is 13. The van der Waals surface area contributed by atoms with Gasteiger partial charge in [0.05, 0.1) is 30.8 Å². The average molecular weight is 479 g/mol. The van der Waals surface area contributed by atoms with Crippen molar-refractivity contribution >= 4 is 17.8 Å². The molecule has 8 nitrogen and oxygen atoms in total. The summed E-state index contributed by atoms with van der Waals surface area (Å²) >= 11 is 0. The van der Waals surface area contributed by atoms with E-state index in [-0.39, 0.29) is 25.0 Å². The zero-order valence-electron chi connectivity index (χ0n) is 21.3. The van der Waals surface area contributed by atoms with Crippen LogP contribution in [0.2, 0.25) is 0 Å². The van der Waals surface area contributed by atoms with Crippen molar-refractivity contribution in [3.05, 3.63) is 12.7 Å². The van der Waals surface area contributed by atoms with Crippen LogP contribution in [0.5, 0.6) is 0 Å². The number of aliphatic hydroxyl groups is 1. The van der Waals surface area contributed by atoms with Gasteiger partial charge in [0.1, 0.15) is 17.6 Å². The highest BCUT2D eigenvalue weighted by atomic mass is 16.6. The zero-order valence-corrected chi connectivity index (χ0v) is 21.3. The Labute approximate surface area is 203 Å². The smallest absolute Gasteiger partial charge is 0.312 e. The Morgan fingerprint density at radius 1 is 1.29 bits per heavy atom. The molecule has 3 heterocycles. The number of ether oxygens (including phenoxy) is 2. The van der Waals surface area contributed by atoms with Gasteiger partial charge in [-0.2, -0.15) is 0 Å². The van der Waals surface area contributed by atoms with Gasteiger partial charge in [0.2, 0.25) is 11.8 Å². The van der Waals surface area contributed by atoms with Crippen molar-refractivity contribution in [2.45, 2.75) is 95.9 Å². The van der Waals surface area contributed by atoms with E-state index >= 15 is 0 Å². The van der Waals surface area contributed by atoms with E-state index in [1.54, 1.807) is 22.8 Å². The molecular weight excluding hydrogens is 436 g/mol. The molecule has 0 aromatic rings. The Morgan fingerprint density at radius 2 is 2.03 bits per heavy atom. The Hall–Kier alpha value is -1.93. The molecule has 2 bridgehead atoms. The van der Waals surface area contributed by atoms with Gasteiger partial charge >= 0.3 is 5.97 Å². The molecule has 1 spiro atoms. The van der Waals surface area contributed by atoms with Crippen molar-refractivity contribution in [3.63, 3.8) is 0 Å². The van der Waals surface area contributed by atoms with Gasteiger partial charge in [0, 0.05) is 13.1 Å². The molecule has 0 radical (unpaired) electrons. The van der Waals surface area contributed by atoms with Crippen LogP contribution in [0.3, 0.4) is 0 Å². The minimum atomic E-state index is -1.09. The Kier molecular flexibility index (Phi) is 8.45. The third-order valence-electron chi connectivity index (χ3n) is 8.16. The van der Waals surface area contributed by atoms with E-state index in [9.17, 15) is 19.5 Å². The summed E-state index contributed by atoms with van der Waals surface area (Å²) in [4.78, 5) is 44.6. The molecule has 34 heavy (non-hydrogen) atoms. The first-order chi connectivity index (χ1) is 16.3. The number of esters is 1. The second kappa shape index (κ2) is 10.8. The molecule has 8 heteroatoms. The van der Waals surface area contributed by atoms with Gasteiger partial charge in [-0.3, -0.25) is 14.4 Å². The molecule has 0 saturated carbocycles. The maximum Gasteiger partial charge on any atom is 0.312 e. The Balaban J connectivity index is 2.09. The SMILES string of the molecule is C=CCN(CCCCC)C(=O)C1N([C@@H](CC)CO)C(=O)[C@@H]2[C@@H](C(=O)OCC)[C@@]3(CC)CCC12O3. The summed E-state index contributed by atoms with van der Waals surface area (Å²) in [6, 6.07) is -1.40. The molecule has 1 N–H and O–H groups in total. The summed E-state index contributed by atoms with van der Waals surface area (Å²) < 4.78 is 12.1. The van der Waals surface area contributed by atoms with Gasteiger partial charge in [-0.1, -0.05) is 39.7 Å². The molecule has 0 aliphatic carbocycles. The molecule has 3 aliphatic rings. The van der Waals surface area contributed by atoms with Crippen LogP contribution in [0.4, 0.5) is 0 Å². The average Bonchev–Trinajstić information content (AvgIpc) is 3.43. The second-order valence-corrected chi connectivity index (χ2v) is 9.86. The predicted molar refractivity (Wildman–Crippen MR) is 128 cm³/mol. The summed E-state index contributed by atoms with van der Waals surface area (Å²) in [6.45, 7) is 12.4. The lowest BCUT2D eigenvalue weighted by molar-refractivity contribution is -0.163. The molecule has 2 amide bonds. The third-order valence-corrected chi connectivity index (χ3v) is 8.16. The van der Waals surface area contributed by atoms with Crippen LogP contribution in [0.25, 0.3) is 0 Å². The number of hydrogen-bond donors (Lipinski definition) is 1. The summed E-state index contributed by atoms with van der Waals surface area (Å²) in [5.74, 6) is -2.42. The first-order valence-electron chi connectivity index (χ1n) is 13.0. The topological polar surface area (TPSA) is 96.4 Å². The molecule has 3 fully saturated rings. The Morgan fingerprint density at radius 3 is 2.59 bits per heavy atom. The van der Waals surface area contributed by atoms with Crippen LogP contribution in [0.1, 0.15) is 72.6 Å². The number of aliphatic hydroxyl groups excluding tert-OH is 1. The van der Waals surface area contributed by atoms with E-state index in [0.29, 0.717) is 38.8 Å². The van der Waals surface area contributed by atoms with Crippen LogP contribution >= 0.6 is 0 Å². The number of nitrogens with zero attached hydrogens (tertiary/aromatic N) is 2. The van der Waals surface area contributed by atoms with Gasteiger partial charge in [0.15, 0.2) is 0 Å². The minimum Gasteiger partial charge on any atom is -0.466 e. The standard InChI is InChI=1S/C26H42N2O6/c1-6-11-12-16-27(15-7-2)23(31)21-26-14-13-25(9-4,34-26)20(24(32)33-10-5)19(26)22(30)28(21)18(8-3)17-29/h7,18-21,29H,2,6,8-17H2,1,3-5H3/t18-,19-,20-,21?,25+,26?/m0/s1. The van der Waals surface area contributed by atoms with E-state index in [4.69, 9.17) is 9.47 Å². The predicted octanol–water partition coefficient (Wildman–Crippen LogP) is 2.68. The van der Waals surface area contributed by atoms with Gasteiger partial charge in [-0.05, 0) is 39.0 Å². The van der Waals surface area contributed by atoms with E-state index < -0.39 is 41.1 Å². The first-order valence-corrected chi connectivity index (χ1v) is 13.0.